The molecule has 2 atom stereocenters. The number of carbonyl (C=O) groups is 1. The van der Waals surface area contributed by atoms with E-state index in [1.165, 1.54) is 0 Å². The van der Waals surface area contributed by atoms with Crippen molar-refractivity contribution in [3.8, 4) is 0 Å². The van der Waals surface area contributed by atoms with Crippen molar-refractivity contribution in [3.05, 3.63) is 0 Å². The number of amidine groups is 1. The Labute approximate surface area is 102 Å². The maximum absolute atomic E-state index is 11.8. The van der Waals surface area contributed by atoms with E-state index in [0.717, 1.165) is 19.3 Å². The largest absolute Gasteiger partial charge is 0.385 e. The highest BCUT2D eigenvalue weighted by Gasteiger charge is 2.53. The SMILES string of the molecule is CCN1C(=O)N=C(N)C12CCOC(C)(CC)C2. The second-order valence-corrected chi connectivity index (χ2v) is 5.13. The van der Waals surface area contributed by atoms with Crippen molar-refractivity contribution in [2.75, 3.05) is 13.2 Å². The average molecular weight is 239 g/mol. The van der Waals surface area contributed by atoms with E-state index < -0.39 is 5.54 Å². The van der Waals surface area contributed by atoms with Gasteiger partial charge in [0.05, 0.1) is 5.60 Å². The van der Waals surface area contributed by atoms with Crippen LogP contribution in [0.4, 0.5) is 4.79 Å². The first-order chi connectivity index (χ1) is 7.97. The molecule has 96 valence electrons. The summed E-state index contributed by atoms with van der Waals surface area (Å²) in [7, 11) is 0. The van der Waals surface area contributed by atoms with Gasteiger partial charge in [-0.3, -0.25) is 0 Å². The lowest BCUT2D eigenvalue weighted by Gasteiger charge is -2.47. The highest BCUT2D eigenvalue weighted by Crippen LogP contribution is 2.41. The van der Waals surface area contributed by atoms with Crippen molar-refractivity contribution in [3.63, 3.8) is 0 Å². The van der Waals surface area contributed by atoms with Crippen molar-refractivity contribution in [1.29, 1.82) is 0 Å². The molecule has 2 amide bonds. The van der Waals surface area contributed by atoms with E-state index in [2.05, 4.69) is 18.8 Å². The topological polar surface area (TPSA) is 67.9 Å². The minimum atomic E-state index is -0.408. The van der Waals surface area contributed by atoms with Crippen molar-refractivity contribution in [2.45, 2.75) is 51.2 Å². The molecule has 1 saturated heterocycles. The van der Waals surface area contributed by atoms with Crippen molar-refractivity contribution in [2.24, 2.45) is 10.7 Å². The maximum Gasteiger partial charge on any atom is 0.346 e. The third-order valence-electron chi connectivity index (χ3n) is 4.14. The molecule has 0 saturated carbocycles. The molecule has 1 spiro atoms. The number of nitrogens with two attached hydrogens (primary N) is 1. The van der Waals surface area contributed by atoms with Crippen LogP contribution in [0.15, 0.2) is 4.99 Å². The van der Waals surface area contributed by atoms with Crippen LogP contribution in [0.5, 0.6) is 0 Å². The first-order valence-corrected chi connectivity index (χ1v) is 6.27. The minimum Gasteiger partial charge on any atom is -0.385 e. The first kappa shape index (κ1) is 12.4. The molecule has 1 fully saturated rings. The van der Waals surface area contributed by atoms with Crippen LogP contribution < -0.4 is 5.73 Å². The zero-order chi connectivity index (χ0) is 12.7. The van der Waals surface area contributed by atoms with Crippen LogP contribution in [-0.4, -0.2) is 41.1 Å². The number of ether oxygens (including phenoxy) is 1. The first-order valence-electron chi connectivity index (χ1n) is 6.27. The Balaban J connectivity index is 2.34. The summed E-state index contributed by atoms with van der Waals surface area (Å²) in [6.07, 6.45) is 2.40. The highest BCUT2D eigenvalue weighted by atomic mass is 16.5. The smallest absolute Gasteiger partial charge is 0.346 e. The molecule has 17 heavy (non-hydrogen) atoms. The van der Waals surface area contributed by atoms with Gasteiger partial charge in [0, 0.05) is 26.0 Å². The quantitative estimate of drug-likeness (QED) is 0.794. The summed E-state index contributed by atoms with van der Waals surface area (Å²) < 4.78 is 5.83. The predicted molar refractivity (Wildman–Crippen MR) is 66.0 cm³/mol. The van der Waals surface area contributed by atoms with E-state index >= 15 is 0 Å². The molecular formula is C12H21N3O2. The molecule has 5 nitrogen and oxygen atoms in total. The monoisotopic (exact) mass is 239 g/mol. The molecule has 0 radical (unpaired) electrons. The van der Waals surface area contributed by atoms with Crippen LogP contribution in [-0.2, 0) is 4.74 Å². The summed E-state index contributed by atoms with van der Waals surface area (Å²) in [4.78, 5) is 17.5. The summed E-state index contributed by atoms with van der Waals surface area (Å²) in [6.45, 7) is 7.41. The molecule has 2 unspecified atom stereocenters. The number of nitrogens with zero attached hydrogens (tertiary/aromatic N) is 2. The number of hydrogen-bond donors (Lipinski definition) is 1. The van der Waals surface area contributed by atoms with Crippen molar-refractivity contribution in [1.82, 2.24) is 4.90 Å². The summed E-state index contributed by atoms with van der Waals surface area (Å²) in [5.41, 5.74) is 5.39. The Morgan fingerprint density at radius 2 is 2.24 bits per heavy atom. The van der Waals surface area contributed by atoms with E-state index in [1.54, 1.807) is 4.90 Å². The second kappa shape index (κ2) is 3.98. The van der Waals surface area contributed by atoms with Crippen LogP contribution in [0.25, 0.3) is 0 Å². The van der Waals surface area contributed by atoms with Gasteiger partial charge in [0.25, 0.3) is 0 Å². The maximum atomic E-state index is 11.8. The van der Waals surface area contributed by atoms with Crippen LogP contribution in [0.2, 0.25) is 0 Å². The molecule has 5 heteroatoms. The van der Waals surface area contributed by atoms with Crippen molar-refractivity contribution >= 4 is 11.9 Å². The molecule has 0 aromatic heterocycles. The lowest BCUT2D eigenvalue weighted by atomic mass is 9.78. The summed E-state index contributed by atoms with van der Waals surface area (Å²) >= 11 is 0. The van der Waals surface area contributed by atoms with Gasteiger partial charge in [0.1, 0.15) is 11.4 Å². The van der Waals surface area contributed by atoms with Gasteiger partial charge in [-0.05, 0) is 20.3 Å². The summed E-state index contributed by atoms with van der Waals surface area (Å²) in [6, 6.07) is -0.203. The number of aliphatic imine (C=N–C) groups is 1. The van der Waals surface area contributed by atoms with Gasteiger partial charge in [-0.15, -0.1) is 0 Å². The average Bonchev–Trinajstić information content (AvgIpc) is 2.50. The number of carbonyl (C=O) groups excluding carboxylic acids is 1. The van der Waals surface area contributed by atoms with Gasteiger partial charge in [-0.1, -0.05) is 6.92 Å². The van der Waals surface area contributed by atoms with Crippen LogP contribution in [0, 0.1) is 0 Å². The second-order valence-electron chi connectivity index (χ2n) is 5.13. The minimum absolute atomic E-state index is 0.203. The fourth-order valence-corrected chi connectivity index (χ4v) is 2.93. The van der Waals surface area contributed by atoms with Gasteiger partial charge in [0.2, 0.25) is 0 Å². The number of amides is 2. The molecule has 2 N–H and O–H groups in total. The molecule has 0 aliphatic carbocycles. The van der Waals surface area contributed by atoms with E-state index in [1.807, 2.05) is 6.92 Å². The summed E-state index contributed by atoms with van der Waals surface area (Å²) in [5.74, 6) is 0.465. The molecule has 0 aromatic carbocycles. The van der Waals surface area contributed by atoms with Gasteiger partial charge >= 0.3 is 6.03 Å². The Morgan fingerprint density at radius 3 is 2.82 bits per heavy atom. The van der Waals surface area contributed by atoms with Gasteiger partial charge in [-0.2, -0.15) is 4.99 Å². The fraction of sp³-hybridized carbons (Fsp3) is 0.833. The highest BCUT2D eigenvalue weighted by molar-refractivity contribution is 6.05. The van der Waals surface area contributed by atoms with E-state index in [4.69, 9.17) is 10.5 Å². The Kier molecular flexibility index (Phi) is 2.89. The van der Waals surface area contributed by atoms with E-state index in [9.17, 15) is 4.79 Å². The van der Waals surface area contributed by atoms with Crippen LogP contribution in [0.1, 0.15) is 40.0 Å². The lowest BCUT2D eigenvalue weighted by Crippen LogP contribution is -2.61. The predicted octanol–water partition coefficient (Wildman–Crippen LogP) is 1.52. The normalized spacial score (nSPS) is 37.7. The Morgan fingerprint density at radius 1 is 1.53 bits per heavy atom. The molecule has 2 aliphatic rings. The molecular weight excluding hydrogens is 218 g/mol. The van der Waals surface area contributed by atoms with Gasteiger partial charge < -0.3 is 15.4 Å². The molecule has 0 aromatic rings. The number of rotatable bonds is 2. The number of likely N-dealkylation sites (N-methyl/N-ethyl adjacent to an activating group) is 1. The van der Waals surface area contributed by atoms with Gasteiger partial charge in [0.15, 0.2) is 0 Å². The fourth-order valence-electron chi connectivity index (χ4n) is 2.93. The van der Waals surface area contributed by atoms with E-state index in [0.29, 0.717) is 19.0 Å². The number of urea groups is 1. The zero-order valence-corrected chi connectivity index (χ0v) is 10.8. The van der Waals surface area contributed by atoms with Crippen LogP contribution >= 0.6 is 0 Å². The molecule has 0 bridgehead atoms. The molecule has 2 rings (SSSR count). The Hall–Kier alpha value is -1.10. The molecule has 2 aliphatic heterocycles. The summed E-state index contributed by atoms with van der Waals surface area (Å²) in [5, 5.41) is 0. The van der Waals surface area contributed by atoms with E-state index in [-0.39, 0.29) is 11.6 Å². The Bertz CT molecular complexity index is 369. The third kappa shape index (κ3) is 1.73. The van der Waals surface area contributed by atoms with Crippen LogP contribution in [0.3, 0.4) is 0 Å². The zero-order valence-electron chi connectivity index (χ0n) is 10.8. The van der Waals surface area contributed by atoms with Crippen molar-refractivity contribution < 1.29 is 9.53 Å². The van der Waals surface area contributed by atoms with Gasteiger partial charge in [-0.25, -0.2) is 4.79 Å². The third-order valence-corrected chi connectivity index (χ3v) is 4.14. The number of hydrogen-bond acceptors (Lipinski definition) is 3. The molecule has 2 heterocycles. The lowest BCUT2D eigenvalue weighted by molar-refractivity contribution is -0.102. The standard InChI is InChI=1S/C12H21N3O2/c1-4-11(3)8-12(6-7-17-11)9(13)14-10(16)15(12)5-2/h4-8H2,1-3H3,(H2,13,14,16).